The van der Waals surface area contributed by atoms with Crippen LogP contribution in [0.15, 0.2) is 30.3 Å². The summed E-state index contributed by atoms with van der Waals surface area (Å²) >= 11 is 0. The Morgan fingerprint density at radius 1 is 0.698 bits per heavy atom. The zero-order valence-electron chi connectivity index (χ0n) is 28.0. The number of carbonyl (C=O) groups is 4. The van der Waals surface area contributed by atoms with Gasteiger partial charge in [-0.1, -0.05) is 84.7 Å². The third kappa shape index (κ3) is 7.81. The smallest absolute Gasteiger partial charge is 0.412 e. The van der Waals surface area contributed by atoms with Crippen molar-refractivity contribution in [3.05, 3.63) is 35.9 Å². The van der Waals surface area contributed by atoms with Gasteiger partial charge in [-0.15, -0.1) is 0 Å². The topological polar surface area (TPSA) is 99.7 Å². The van der Waals surface area contributed by atoms with Crippen LogP contribution in [0.2, 0.25) is 0 Å². The van der Waals surface area contributed by atoms with Crippen LogP contribution in [-0.4, -0.2) is 87.7 Å². The quantitative estimate of drug-likeness (QED) is 0.364. The number of rotatable bonds is 7. The predicted octanol–water partition coefficient (Wildman–Crippen LogP) is 5.85. The van der Waals surface area contributed by atoms with Crippen molar-refractivity contribution in [2.75, 3.05) is 14.1 Å². The normalized spacial score (nSPS) is 23.3. The molecule has 2 aliphatic heterocycles. The number of unbranched alkanes of at least 4 members (excludes halogenated alkanes) is 1. The van der Waals surface area contributed by atoms with Crippen LogP contribution in [0.4, 0.5) is 9.59 Å². The van der Waals surface area contributed by atoms with Crippen molar-refractivity contribution in [3.63, 3.8) is 0 Å². The lowest BCUT2D eigenvalue weighted by molar-refractivity contribution is -0.130. The highest BCUT2D eigenvalue weighted by atomic mass is 16.6. The second-order valence-electron chi connectivity index (χ2n) is 15.0. The largest absolute Gasteiger partial charge is 0.444 e. The Kier molecular flexibility index (Phi) is 10.1. The Morgan fingerprint density at radius 2 is 1.12 bits per heavy atom. The van der Waals surface area contributed by atoms with E-state index in [4.69, 9.17) is 9.47 Å². The highest BCUT2D eigenvalue weighted by molar-refractivity contribution is 5.90. The molecule has 1 aromatic carbocycles. The SMILES string of the molecule is CN1C(=O)C(CCCCC2C(=O)N(C)C(C(C)(C)C)N2C(=O)OC(C)(C)C)N(C(=O)OCc2ccccc2)C1C(C)(C)C. The zero-order valence-corrected chi connectivity index (χ0v) is 28.0. The van der Waals surface area contributed by atoms with Gasteiger partial charge < -0.3 is 19.3 Å². The van der Waals surface area contributed by atoms with Crippen LogP contribution >= 0.6 is 0 Å². The molecule has 0 spiro atoms. The molecule has 4 atom stereocenters. The molecular formula is C33H52N4O6. The van der Waals surface area contributed by atoms with Crippen LogP contribution in [-0.2, 0) is 25.7 Å². The maximum absolute atomic E-state index is 13.5. The Hall–Kier alpha value is -3.30. The lowest BCUT2D eigenvalue weighted by atomic mass is 9.91. The van der Waals surface area contributed by atoms with Gasteiger partial charge in [0.2, 0.25) is 11.8 Å². The first kappa shape index (κ1) is 34.2. The predicted molar refractivity (Wildman–Crippen MR) is 165 cm³/mol. The summed E-state index contributed by atoms with van der Waals surface area (Å²) in [6, 6.07) is 8.11. The van der Waals surface area contributed by atoms with Crippen molar-refractivity contribution in [3.8, 4) is 0 Å². The number of likely N-dealkylation sites (N-methyl/N-ethyl adjacent to an activating group) is 2. The van der Waals surface area contributed by atoms with E-state index in [1.165, 1.54) is 0 Å². The Labute approximate surface area is 257 Å². The first-order valence-electron chi connectivity index (χ1n) is 15.3. The summed E-state index contributed by atoms with van der Waals surface area (Å²) in [4.78, 5) is 60.2. The number of ether oxygens (including phenoxy) is 2. The van der Waals surface area contributed by atoms with Crippen LogP contribution in [0.25, 0.3) is 0 Å². The minimum Gasteiger partial charge on any atom is -0.444 e. The van der Waals surface area contributed by atoms with Gasteiger partial charge in [-0.3, -0.25) is 19.4 Å². The van der Waals surface area contributed by atoms with E-state index in [0.29, 0.717) is 25.7 Å². The van der Waals surface area contributed by atoms with Crippen LogP contribution in [0.1, 0.15) is 93.6 Å². The zero-order chi connectivity index (χ0) is 32.5. The van der Waals surface area contributed by atoms with E-state index >= 15 is 0 Å². The lowest BCUT2D eigenvalue weighted by Gasteiger charge is -2.39. The van der Waals surface area contributed by atoms with Gasteiger partial charge in [-0.25, -0.2) is 9.59 Å². The molecule has 0 bridgehead atoms. The molecular weight excluding hydrogens is 548 g/mol. The molecule has 240 valence electrons. The van der Waals surface area contributed by atoms with Crippen molar-refractivity contribution >= 4 is 24.0 Å². The fourth-order valence-corrected chi connectivity index (χ4v) is 6.42. The molecule has 4 unspecified atom stereocenters. The molecule has 0 aliphatic carbocycles. The second kappa shape index (κ2) is 12.7. The third-order valence-corrected chi connectivity index (χ3v) is 7.97. The first-order valence-corrected chi connectivity index (χ1v) is 15.3. The number of carbonyl (C=O) groups excluding carboxylic acids is 4. The fraction of sp³-hybridized carbons (Fsp3) is 0.697. The van der Waals surface area contributed by atoms with Crippen molar-refractivity contribution < 1.29 is 28.7 Å². The maximum Gasteiger partial charge on any atom is 0.412 e. The van der Waals surface area contributed by atoms with Gasteiger partial charge in [0.05, 0.1) is 0 Å². The van der Waals surface area contributed by atoms with E-state index in [0.717, 1.165) is 5.56 Å². The average molecular weight is 601 g/mol. The standard InChI is InChI=1S/C33H52N4O6/c1-31(2,3)27-34(10)25(38)23(36(27)29(40)42-21-22-17-13-12-14-18-22)19-15-16-20-24-26(39)35(11)28(32(4,5)6)37(24)30(41)43-33(7,8)9/h12-14,17-18,23-24,27-28H,15-16,19-21H2,1-11H3. The van der Waals surface area contributed by atoms with E-state index in [9.17, 15) is 19.2 Å². The first-order chi connectivity index (χ1) is 19.8. The minimum absolute atomic E-state index is 0.115. The van der Waals surface area contributed by atoms with Crippen molar-refractivity contribution in [2.45, 2.75) is 125 Å². The fourth-order valence-electron chi connectivity index (χ4n) is 6.42. The Morgan fingerprint density at radius 3 is 1.51 bits per heavy atom. The van der Waals surface area contributed by atoms with Crippen LogP contribution in [0.5, 0.6) is 0 Å². The molecule has 1 aromatic rings. The number of hydrogen-bond donors (Lipinski definition) is 0. The van der Waals surface area contributed by atoms with Gasteiger partial charge in [0.1, 0.15) is 36.6 Å². The molecule has 10 nitrogen and oxygen atoms in total. The Balaban J connectivity index is 1.75. The highest BCUT2D eigenvalue weighted by Gasteiger charge is 2.53. The summed E-state index contributed by atoms with van der Waals surface area (Å²) in [5, 5.41) is 0. The number of amides is 4. The molecule has 0 aromatic heterocycles. The molecule has 3 rings (SSSR count). The van der Waals surface area contributed by atoms with E-state index in [2.05, 4.69) is 0 Å². The summed E-state index contributed by atoms with van der Waals surface area (Å²) in [5.41, 5.74) is -0.625. The van der Waals surface area contributed by atoms with E-state index in [1.807, 2.05) is 92.6 Å². The second-order valence-corrected chi connectivity index (χ2v) is 15.0. The Bertz CT molecular complexity index is 1170. The van der Waals surface area contributed by atoms with Crippen molar-refractivity contribution in [1.82, 2.24) is 19.6 Å². The molecule has 0 saturated carbocycles. The molecule has 4 amide bonds. The van der Waals surface area contributed by atoms with Gasteiger partial charge in [-0.2, -0.15) is 0 Å². The van der Waals surface area contributed by atoms with Gasteiger partial charge in [0, 0.05) is 24.9 Å². The van der Waals surface area contributed by atoms with Crippen LogP contribution in [0, 0.1) is 10.8 Å². The summed E-state index contributed by atoms with van der Waals surface area (Å²) in [7, 11) is 3.46. The number of hydrogen-bond acceptors (Lipinski definition) is 6. The summed E-state index contributed by atoms with van der Waals surface area (Å²) in [6.07, 6.45) is 0.0576. The third-order valence-electron chi connectivity index (χ3n) is 7.97. The molecule has 0 radical (unpaired) electrons. The van der Waals surface area contributed by atoms with Gasteiger partial charge >= 0.3 is 12.2 Å². The van der Waals surface area contributed by atoms with E-state index in [1.54, 1.807) is 33.7 Å². The number of nitrogens with zero attached hydrogens (tertiary/aromatic N) is 4. The molecule has 2 fully saturated rings. The number of benzene rings is 1. The lowest BCUT2D eigenvalue weighted by Crippen LogP contribution is -2.52. The van der Waals surface area contributed by atoms with Gasteiger partial charge in [0.15, 0.2) is 0 Å². The summed E-state index contributed by atoms with van der Waals surface area (Å²) in [5.74, 6) is -0.252. The van der Waals surface area contributed by atoms with Gasteiger partial charge in [0.25, 0.3) is 0 Å². The van der Waals surface area contributed by atoms with E-state index < -0.39 is 47.6 Å². The van der Waals surface area contributed by atoms with Crippen molar-refractivity contribution in [2.24, 2.45) is 10.8 Å². The molecule has 43 heavy (non-hydrogen) atoms. The average Bonchev–Trinajstić information content (AvgIpc) is 3.29. The van der Waals surface area contributed by atoms with Crippen LogP contribution in [0.3, 0.4) is 0 Å². The molecule has 10 heteroatoms. The molecule has 2 heterocycles. The molecule has 2 aliphatic rings. The van der Waals surface area contributed by atoms with Crippen LogP contribution < -0.4 is 0 Å². The molecule has 0 N–H and O–H groups in total. The summed E-state index contributed by atoms with van der Waals surface area (Å²) in [6.45, 7) is 17.5. The highest BCUT2D eigenvalue weighted by Crippen LogP contribution is 2.38. The van der Waals surface area contributed by atoms with Crippen molar-refractivity contribution in [1.29, 1.82) is 0 Å². The molecule has 2 saturated heterocycles. The van der Waals surface area contributed by atoms with E-state index in [-0.39, 0.29) is 23.8 Å². The monoisotopic (exact) mass is 600 g/mol. The minimum atomic E-state index is -0.703. The summed E-state index contributed by atoms with van der Waals surface area (Å²) < 4.78 is 11.4. The maximum atomic E-state index is 13.5. The van der Waals surface area contributed by atoms with Gasteiger partial charge in [-0.05, 0) is 39.2 Å².